The molecule has 0 aromatic rings. The Bertz CT molecular complexity index is 430. The second kappa shape index (κ2) is 7.54. The van der Waals surface area contributed by atoms with Crippen molar-refractivity contribution in [1.82, 2.24) is 9.80 Å². The molecule has 2 fully saturated rings. The first-order chi connectivity index (χ1) is 10.8. The molecule has 2 atom stereocenters. The van der Waals surface area contributed by atoms with E-state index in [2.05, 4.69) is 11.8 Å². The van der Waals surface area contributed by atoms with E-state index in [9.17, 15) is 9.59 Å². The molecule has 0 radical (unpaired) electrons. The second-order valence-electron chi connectivity index (χ2n) is 7.88. The standard InChI is InChI=1S/C18H32N2O3/c1-5-8-16(21)20-11-7-6-9-15(20)14-10-12-19(13-14)17(22)23-18(2,3)4/h14-15H,5-13H2,1-4H3/t14-,15+/m1/s1. The number of likely N-dealkylation sites (tertiary alicyclic amines) is 2. The third kappa shape index (κ3) is 4.85. The Morgan fingerprint density at radius 2 is 1.87 bits per heavy atom. The Labute approximate surface area is 140 Å². The van der Waals surface area contributed by atoms with Crippen molar-refractivity contribution < 1.29 is 14.3 Å². The van der Waals surface area contributed by atoms with Gasteiger partial charge in [-0.2, -0.15) is 0 Å². The highest BCUT2D eigenvalue weighted by Gasteiger charge is 2.38. The van der Waals surface area contributed by atoms with Gasteiger partial charge in [0.1, 0.15) is 5.60 Å². The van der Waals surface area contributed by atoms with Gasteiger partial charge in [0.05, 0.1) is 0 Å². The SMILES string of the molecule is CCCC(=O)N1CCCC[C@H]1[C@@H]1CCN(C(=O)OC(C)(C)C)C1. The van der Waals surface area contributed by atoms with Gasteiger partial charge in [-0.25, -0.2) is 4.79 Å². The molecule has 0 spiro atoms. The van der Waals surface area contributed by atoms with Crippen LogP contribution < -0.4 is 0 Å². The van der Waals surface area contributed by atoms with Crippen LogP contribution in [0.5, 0.6) is 0 Å². The minimum Gasteiger partial charge on any atom is -0.444 e. The van der Waals surface area contributed by atoms with Crippen molar-refractivity contribution in [3.63, 3.8) is 0 Å². The van der Waals surface area contributed by atoms with Crippen molar-refractivity contribution in [3.05, 3.63) is 0 Å². The van der Waals surface area contributed by atoms with Gasteiger partial charge in [-0.1, -0.05) is 6.92 Å². The summed E-state index contributed by atoms with van der Waals surface area (Å²) in [7, 11) is 0. The van der Waals surface area contributed by atoms with Gasteiger partial charge in [-0.3, -0.25) is 4.79 Å². The quantitative estimate of drug-likeness (QED) is 0.799. The van der Waals surface area contributed by atoms with E-state index >= 15 is 0 Å². The highest BCUT2D eigenvalue weighted by molar-refractivity contribution is 5.76. The minimum absolute atomic E-state index is 0.220. The summed E-state index contributed by atoms with van der Waals surface area (Å²) in [4.78, 5) is 28.5. The lowest BCUT2D eigenvalue weighted by Crippen LogP contribution is -2.48. The highest BCUT2D eigenvalue weighted by Crippen LogP contribution is 2.31. The molecule has 0 aliphatic carbocycles. The van der Waals surface area contributed by atoms with Crippen molar-refractivity contribution in [2.75, 3.05) is 19.6 Å². The Hall–Kier alpha value is -1.26. The van der Waals surface area contributed by atoms with Crippen LogP contribution in [0.1, 0.15) is 66.2 Å². The van der Waals surface area contributed by atoms with E-state index < -0.39 is 5.60 Å². The van der Waals surface area contributed by atoms with E-state index in [-0.39, 0.29) is 12.0 Å². The average molecular weight is 324 g/mol. The zero-order chi connectivity index (χ0) is 17.0. The third-order valence-corrected chi connectivity index (χ3v) is 4.75. The monoisotopic (exact) mass is 324 g/mol. The lowest BCUT2D eigenvalue weighted by Gasteiger charge is -2.39. The van der Waals surface area contributed by atoms with Gasteiger partial charge in [0.25, 0.3) is 0 Å². The Kier molecular flexibility index (Phi) is 5.93. The minimum atomic E-state index is -0.455. The van der Waals surface area contributed by atoms with Gasteiger partial charge in [-0.05, 0) is 58.8 Å². The molecule has 23 heavy (non-hydrogen) atoms. The first-order valence-electron chi connectivity index (χ1n) is 9.09. The number of ether oxygens (including phenoxy) is 1. The Morgan fingerprint density at radius 3 is 2.52 bits per heavy atom. The number of hydrogen-bond donors (Lipinski definition) is 0. The molecule has 2 heterocycles. The van der Waals surface area contributed by atoms with Crippen LogP contribution in [0, 0.1) is 5.92 Å². The molecular weight excluding hydrogens is 292 g/mol. The van der Waals surface area contributed by atoms with Crippen molar-refractivity contribution in [2.45, 2.75) is 77.9 Å². The molecule has 5 nitrogen and oxygen atoms in total. The lowest BCUT2D eigenvalue weighted by atomic mass is 9.89. The predicted octanol–water partition coefficient (Wildman–Crippen LogP) is 3.42. The van der Waals surface area contributed by atoms with E-state index in [4.69, 9.17) is 4.74 Å². The molecule has 0 N–H and O–H groups in total. The van der Waals surface area contributed by atoms with Crippen LogP contribution in [0.25, 0.3) is 0 Å². The average Bonchev–Trinajstić information content (AvgIpc) is 2.95. The smallest absolute Gasteiger partial charge is 0.410 e. The van der Waals surface area contributed by atoms with Crippen LogP contribution in [-0.2, 0) is 9.53 Å². The van der Waals surface area contributed by atoms with Crippen LogP contribution in [0.3, 0.4) is 0 Å². The molecule has 0 saturated carbocycles. The van der Waals surface area contributed by atoms with Crippen LogP contribution in [-0.4, -0.2) is 53.1 Å². The van der Waals surface area contributed by atoms with Crippen LogP contribution in [0.15, 0.2) is 0 Å². The zero-order valence-electron chi connectivity index (χ0n) is 15.1. The fraction of sp³-hybridized carbons (Fsp3) is 0.889. The van der Waals surface area contributed by atoms with Crippen molar-refractivity contribution in [3.8, 4) is 0 Å². The van der Waals surface area contributed by atoms with E-state index in [0.29, 0.717) is 18.4 Å². The van der Waals surface area contributed by atoms with Gasteiger partial charge in [0.2, 0.25) is 5.91 Å². The summed E-state index contributed by atoms with van der Waals surface area (Å²) in [6.45, 7) is 10.1. The summed E-state index contributed by atoms with van der Waals surface area (Å²) in [5, 5.41) is 0. The van der Waals surface area contributed by atoms with E-state index in [1.807, 2.05) is 25.7 Å². The topological polar surface area (TPSA) is 49.9 Å². The number of hydrogen-bond acceptors (Lipinski definition) is 3. The Morgan fingerprint density at radius 1 is 1.13 bits per heavy atom. The third-order valence-electron chi connectivity index (χ3n) is 4.75. The first kappa shape index (κ1) is 18.1. The van der Waals surface area contributed by atoms with E-state index in [1.165, 1.54) is 6.42 Å². The van der Waals surface area contributed by atoms with Gasteiger partial charge in [0, 0.05) is 32.1 Å². The number of amides is 2. The Balaban J connectivity index is 1.96. The summed E-state index contributed by atoms with van der Waals surface area (Å²) in [5.74, 6) is 0.677. The number of piperidine rings is 1. The fourth-order valence-electron chi connectivity index (χ4n) is 3.71. The number of carbonyl (C=O) groups is 2. The van der Waals surface area contributed by atoms with Crippen LogP contribution >= 0.6 is 0 Å². The highest BCUT2D eigenvalue weighted by atomic mass is 16.6. The van der Waals surface area contributed by atoms with Gasteiger partial charge < -0.3 is 14.5 Å². The van der Waals surface area contributed by atoms with Gasteiger partial charge >= 0.3 is 6.09 Å². The molecule has 2 rings (SSSR count). The molecule has 2 aliphatic rings. The molecule has 132 valence electrons. The van der Waals surface area contributed by atoms with Gasteiger partial charge in [-0.15, -0.1) is 0 Å². The van der Waals surface area contributed by atoms with Gasteiger partial charge in [0.15, 0.2) is 0 Å². The van der Waals surface area contributed by atoms with E-state index in [1.54, 1.807) is 0 Å². The molecular formula is C18H32N2O3. The summed E-state index contributed by atoms with van der Waals surface area (Å²) in [6, 6.07) is 0.301. The summed E-state index contributed by atoms with van der Waals surface area (Å²) in [6.07, 6.45) is 5.65. The zero-order valence-corrected chi connectivity index (χ0v) is 15.1. The van der Waals surface area contributed by atoms with Crippen LogP contribution in [0.2, 0.25) is 0 Å². The molecule has 2 aliphatic heterocycles. The summed E-state index contributed by atoms with van der Waals surface area (Å²) >= 11 is 0. The maximum absolute atomic E-state index is 12.4. The maximum atomic E-state index is 12.4. The first-order valence-corrected chi connectivity index (χ1v) is 9.09. The van der Waals surface area contributed by atoms with Crippen LogP contribution in [0.4, 0.5) is 4.79 Å². The molecule has 0 unspecified atom stereocenters. The molecule has 0 aromatic heterocycles. The number of carbonyl (C=O) groups excluding carboxylic acids is 2. The normalized spacial score (nSPS) is 25.6. The molecule has 0 bridgehead atoms. The largest absolute Gasteiger partial charge is 0.444 e. The molecule has 0 aromatic carbocycles. The predicted molar refractivity (Wildman–Crippen MR) is 90.2 cm³/mol. The van der Waals surface area contributed by atoms with Crippen molar-refractivity contribution >= 4 is 12.0 Å². The fourth-order valence-corrected chi connectivity index (χ4v) is 3.71. The molecule has 5 heteroatoms. The lowest BCUT2D eigenvalue weighted by molar-refractivity contribution is -0.136. The molecule has 2 saturated heterocycles. The number of rotatable bonds is 3. The number of nitrogens with zero attached hydrogens (tertiary/aromatic N) is 2. The van der Waals surface area contributed by atoms with Crippen molar-refractivity contribution in [1.29, 1.82) is 0 Å². The summed E-state index contributed by atoms with van der Waals surface area (Å²) in [5.41, 5.74) is -0.455. The van der Waals surface area contributed by atoms with E-state index in [0.717, 1.165) is 45.3 Å². The summed E-state index contributed by atoms with van der Waals surface area (Å²) < 4.78 is 5.48. The van der Waals surface area contributed by atoms with Crippen molar-refractivity contribution in [2.24, 2.45) is 5.92 Å². The second-order valence-corrected chi connectivity index (χ2v) is 7.88. The maximum Gasteiger partial charge on any atom is 0.410 e. The molecule has 2 amide bonds.